The monoisotopic (exact) mass is 577 g/mol. The van der Waals surface area contributed by atoms with Crippen molar-refractivity contribution in [1.82, 2.24) is 15.0 Å². The van der Waals surface area contributed by atoms with Gasteiger partial charge in [-0.15, -0.1) is 15.0 Å². The lowest BCUT2D eigenvalue weighted by Crippen LogP contribution is -2.56. The molecule has 1 heterocycles. The van der Waals surface area contributed by atoms with Crippen LogP contribution in [0.1, 0.15) is 0 Å². The standard InChI is InChI=1S/C11HBr2F12N3O/c12-1-3(14)4(15)2(13)6-5(1)26-28(27-6)8(17,18)7(16)29-11(24,25)9(19,20)10(21,22)23/h7H. The van der Waals surface area contributed by atoms with E-state index in [4.69, 9.17) is 0 Å². The summed E-state index contributed by atoms with van der Waals surface area (Å²) in [7, 11) is 0. The van der Waals surface area contributed by atoms with Crippen LogP contribution in [0.25, 0.3) is 11.0 Å². The molecule has 1 aromatic carbocycles. The Morgan fingerprint density at radius 1 is 0.793 bits per heavy atom. The third kappa shape index (κ3) is 3.77. The molecular weight excluding hydrogens is 578 g/mol. The Morgan fingerprint density at radius 2 is 1.17 bits per heavy atom. The van der Waals surface area contributed by atoms with E-state index in [1.54, 1.807) is 0 Å². The normalized spacial score (nSPS) is 15.2. The fourth-order valence-corrected chi connectivity index (χ4v) is 2.55. The first-order valence-corrected chi connectivity index (χ1v) is 8.06. The van der Waals surface area contributed by atoms with Crippen LogP contribution in [0.15, 0.2) is 8.95 Å². The molecule has 4 nitrogen and oxygen atoms in total. The maximum atomic E-state index is 13.9. The van der Waals surface area contributed by atoms with E-state index >= 15 is 0 Å². The highest BCUT2D eigenvalue weighted by Crippen LogP contribution is 2.49. The number of hydrogen-bond donors (Lipinski definition) is 0. The minimum Gasteiger partial charge on any atom is -0.272 e. The Labute approximate surface area is 167 Å². The summed E-state index contributed by atoms with van der Waals surface area (Å²) >= 11 is 4.83. The van der Waals surface area contributed by atoms with E-state index in [1.807, 2.05) is 0 Å². The summed E-state index contributed by atoms with van der Waals surface area (Å²) in [6.07, 6.45) is -18.6. The van der Waals surface area contributed by atoms with Gasteiger partial charge in [0, 0.05) is 0 Å². The number of rotatable bonds is 5. The molecule has 0 spiro atoms. The highest BCUT2D eigenvalue weighted by Gasteiger charge is 2.76. The minimum absolute atomic E-state index is 0.907. The van der Waals surface area contributed by atoms with Crippen LogP contribution >= 0.6 is 31.9 Å². The zero-order chi connectivity index (χ0) is 22.7. The number of aromatic nitrogens is 3. The average Bonchev–Trinajstić information content (AvgIpc) is 3.02. The van der Waals surface area contributed by atoms with Crippen LogP contribution < -0.4 is 0 Å². The van der Waals surface area contributed by atoms with Crippen molar-refractivity contribution in [2.24, 2.45) is 0 Å². The molecule has 0 aliphatic rings. The zero-order valence-corrected chi connectivity index (χ0v) is 15.8. The molecule has 0 saturated carbocycles. The molecule has 0 amide bonds. The molecule has 164 valence electrons. The highest BCUT2D eigenvalue weighted by molar-refractivity contribution is 9.11. The van der Waals surface area contributed by atoms with E-state index < -0.39 is 67.0 Å². The van der Waals surface area contributed by atoms with Gasteiger partial charge >= 0.3 is 24.3 Å². The summed E-state index contributed by atoms with van der Waals surface area (Å²) in [4.78, 5) is -1.08. The summed E-state index contributed by atoms with van der Waals surface area (Å²) in [6, 6.07) is -5.52. The first-order valence-electron chi connectivity index (χ1n) is 6.47. The molecule has 1 atom stereocenters. The molecule has 0 N–H and O–H groups in total. The highest BCUT2D eigenvalue weighted by atomic mass is 79.9. The van der Waals surface area contributed by atoms with Crippen LogP contribution in [0, 0.1) is 11.6 Å². The van der Waals surface area contributed by atoms with Gasteiger partial charge in [0.25, 0.3) is 6.36 Å². The molecule has 0 radical (unpaired) electrons. The molecule has 2 rings (SSSR count). The lowest BCUT2D eigenvalue weighted by atomic mass is 10.3. The molecule has 2 aromatic rings. The van der Waals surface area contributed by atoms with Crippen LogP contribution in [-0.2, 0) is 10.8 Å². The molecule has 18 heteroatoms. The van der Waals surface area contributed by atoms with Crippen molar-refractivity contribution in [3.05, 3.63) is 20.6 Å². The van der Waals surface area contributed by atoms with Crippen molar-refractivity contribution in [3.63, 3.8) is 0 Å². The van der Waals surface area contributed by atoms with E-state index in [9.17, 15) is 52.7 Å². The first kappa shape index (κ1) is 24.0. The molecular formula is C11HBr2F12N3O. The number of halogens is 14. The number of ether oxygens (including phenoxy) is 1. The fourth-order valence-electron chi connectivity index (χ4n) is 1.67. The summed E-state index contributed by atoms with van der Waals surface area (Å²) in [5.74, 6) is -10.4. The number of alkyl halides is 10. The molecule has 0 fully saturated rings. The number of fused-ring (bicyclic) bond motifs is 1. The van der Waals surface area contributed by atoms with Gasteiger partial charge in [-0.05, 0) is 31.9 Å². The Bertz CT molecular complexity index is 899. The maximum absolute atomic E-state index is 13.9. The fraction of sp³-hybridized carbons (Fsp3) is 0.455. The lowest BCUT2D eigenvalue weighted by Gasteiger charge is -2.30. The molecule has 0 bridgehead atoms. The topological polar surface area (TPSA) is 39.9 Å². The van der Waals surface area contributed by atoms with Crippen molar-refractivity contribution in [2.45, 2.75) is 30.6 Å². The van der Waals surface area contributed by atoms with Crippen molar-refractivity contribution >= 4 is 42.9 Å². The van der Waals surface area contributed by atoms with E-state index in [0.29, 0.717) is 0 Å². The van der Waals surface area contributed by atoms with Gasteiger partial charge in [0.15, 0.2) is 11.6 Å². The van der Waals surface area contributed by atoms with Gasteiger partial charge in [-0.2, -0.15) is 39.5 Å². The maximum Gasteiger partial charge on any atom is 0.462 e. The zero-order valence-electron chi connectivity index (χ0n) is 12.6. The van der Waals surface area contributed by atoms with E-state index in [1.165, 1.54) is 0 Å². The summed E-state index contributed by atoms with van der Waals surface area (Å²) in [5.41, 5.74) is -1.81. The van der Waals surface area contributed by atoms with Crippen LogP contribution in [0.2, 0.25) is 0 Å². The second kappa shape index (κ2) is 7.14. The Hall–Kier alpha value is -1.30. The SMILES string of the molecule is Fc1c(F)c(Br)c2nn(C(F)(F)C(F)OC(F)(F)C(F)(F)C(F)(F)F)nc2c1Br. The molecule has 0 aliphatic carbocycles. The summed E-state index contributed by atoms with van der Waals surface area (Å²) in [5, 5.41) is 5.61. The second-order valence-electron chi connectivity index (χ2n) is 5.05. The minimum atomic E-state index is -7.04. The van der Waals surface area contributed by atoms with Gasteiger partial charge in [0.2, 0.25) is 0 Å². The van der Waals surface area contributed by atoms with E-state index in [-0.39, 0.29) is 0 Å². The molecule has 29 heavy (non-hydrogen) atoms. The Balaban J connectivity index is 2.47. The summed E-state index contributed by atoms with van der Waals surface area (Å²) < 4.78 is 156. The van der Waals surface area contributed by atoms with Gasteiger partial charge in [-0.25, -0.2) is 13.2 Å². The molecule has 0 aliphatic heterocycles. The molecule has 0 saturated heterocycles. The quantitative estimate of drug-likeness (QED) is 0.253. The smallest absolute Gasteiger partial charge is 0.272 e. The van der Waals surface area contributed by atoms with Gasteiger partial charge in [0.05, 0.1) is 8.95 Å². The summed E-state index contributed by atoms with van der Waals surface area (Å²) in [6.45, 7) is 0. The predicted octanol–water partition coefficient (Wildman–Crippen LogP) is 5.89. The Kier molecular flexibility index (Phi) is 5.90. The predicted molar refractivity (Wildman–Crippen MR) is 75.0 cm³/mol. The van der Waals surface area contributed by atoms with Gasteiger partial charge in [-0.3, -0.25) is 4.74 Å². The van der Waals surface area contributed by atoms with Crippen molar-refractivity contribution in [3.8, 4) is 0 Å². The third-order valence-corrected chi connectivity index (χ3v) is 4.57. The van der Waals surface area contributed by atoms with Gasteiger partial charge in [0.1, 0.15) is 11.0 Å². The number of benzene rings is 1. The van der Waals surface area contributed by atoms with Gasteiger partial charge in [-0.1, -0.05) is 0 Å². The molecule has 1 unspecified atom stereocenters. The van der Waals surface area contributed by atoms with Crippen molar-refractivity contribution in [1.29, 1.82) is 0 Å². The van der Waals surface area contributed by atoms with E-state index in [0.717, 1.165) is 0 Å². The largest absolute Gasteiger partial charge is 0.462 e. The van der Waals surface area contributed by atoms with Crippen LogP contribution in [0.5, 0.6) is 0 Å². The number of nitrogens with zero attached hydrogens (tertiary/aromatic N) is 3. The average molecular weight is 579 g/mol. The van der Waals surface area contributed by atoms with Crippen molar-refractivity contribution in [2.75, 3.05) is 0 Å². The third-order valence-electron chi connectivity index (χ3n) is 3.12. The first-order chi connectivity index (χ1) is 12.9. The van der Waals surface area contributed by atoms with Crippen LogP contribution in [0.3, 0.4) is 0 Å². The Morgan fingerprint density at radius 3 is 1.52 bits per heavy atom. The van der Waals surface area contributed by atoms with E-state index in [2.05, 4.69) is 46.8 Å². The number of hydrogen-bond acceptors (Lipinski definition) is 3. The lowest BCUT2D eigenvalue weighted by molar-refractivity contribution is -0.456. The second-order valence-corrected chi connectivity index (χ2v) is 6.64. The van der Waals surface area contributed by atoms with Crippen LogP contribution in [0.4, 0.5) is 52.7 Å². The van der Waals surface area contributed by atoms with Gasteiger partial charge < -0.3 is 0 Å². The van der Waals surface area contributed by atoms with Crippen LogP contribution in [-0.4, -0.2) is 39.6 Å². The van der Waals surface area contributed by atoms with Crippen molar-refractivity contribution < 1.29 is 57.4 Å². The molecule has 1 aromatic heterocycles.